The number of carboxylic acid groups (broad SMARTS) is 1. The van der Waals surface area contributed by atoms with Crippen LogP contribution in [0.15, 0.2) is 18.2 Å². The fourth-order valence-electron chi connectivity index (χ4n) is 1.27. The number of hydrogen-bond acceptors (Lipinski definition) is 3. The average Bonchev–Trinajstić information content (AvgIpc) is 2.21. The molecule has 0 bridgehead atoms. The molecular formula is C11H15FN2O2. The molecule has 0 unspecified atom stereocenters. The molecule has 0 saturated carbocycles. The number of nitrogens with one attached hydrogen (secondary N) is 2. The van der Waals surface area contributed by atoms with E-state index in [9.17, 15) is 9.18 Å². The van der Waals surface area contributed by atoms with Crippen LogP contribution in [0.3, 0.4) is 0 Å². The number of carbonyl (C=O) groups is 1. The molecule has 0 aromatic heterocycles. The van der Waals surface area contributed by atoms with E-state index in [2.05, 4.69) is 10.6 Å². The maximum Gasteiger partial charge on any atom is 0.305 e. The molecule has 88 valence electrons. The number of benzene rings is 1. The molecule has 0 spiro atoms. The maximum atomic E-state index is 13.4. The average molecular weight is 226 g/mol. The molecule has 1 aromatic carbocycles. The van der Waals surface area contributed by atoms with Gasteiger partial charge in [0.1, 0.15) is 5.82 Å². The van der Waals surface area contributed by atoms with Crippen molar-refractivity contribution < 1.29 is 14.3 Å². The van der Waals surface area contributed by atoms with Gasteiger partial charge in [0, 0.05) is 18.8 Å². The third-order valence-electron chi connectivity index (χ3n) is 2.00. The van der Waals surface area contributed by atoms with Crippen molar-refractivity contribution in [1.29, 1.82) is 0 Å². The Kier molecular flexibility index (Phi) is 4.57. The van der Waals surface area contributed by atoms with Crippen molar-refractivity contribution in [1.82, 2.24) is 0 Å². The third kappa shape index (κ3) is 3.76. The number of hydrogen-bond donors (Lipinski definition) is 3. The summed E-state index contributed by atoms with van der Waals surface area (Å²) in [6.45, 7) is 2.83. The summed E-state index contributed by atoms with van der Waals surface area (Å²) in [4.78, 5) is 10.3. The lowest BCUT2D eigenvalue weighted by Gasteiger charge is -2.08. The van der Waals surface area contributed by atoms with Crippen molar-refractivity contribution in [3.05, 3.63) is 24.0 Å². The van der Waals surface area contributed by atoms with Crippen molar-refractivity contribution in [2.75, 3.05) is 23.7 Å². The van der Waals surface area contributed by atoms with Crippen molar-refractivity contribution >= 4 is 17.3 Å². The fourth-order valence-corrected chi connectivity index (χ4v) is 1.27. The predicted octanol–water partition coefficient (Wildman–Crippen LogP) is 2.14. The molecule has 0 saturated heterocycles. The zero-order valence-corrected chi connectivity index (χ0v) is 9.09. The van der Waals surface area contributed by atoms with E-state index in [-0.39, 0.29) is 18.8 Å². The molecule has 0 radical (unpaired) electrons. The van der Waals surface area contributed by atoms with E-state index in [1.54, 1.807) is 12.1 Å². The molecule has 0 atom stereocenters. The first-order chi connectivity index (χ1) is 7.63. The smallest absolute Gasteiger partial charge is 0.305 e. The van der Waals surface area contributed by atoms with E-state index >= 15 is 0 Å². The van der Waals surface area contributed by atoms with Gasteiger partial charge in [0.15, 0.2) is 0 Å². The van der Waals surface area contributed by atoms with Crippen molar-refractivity contribution in [2.45, 2.75) is 13.3 Å². The molecule has 1 aromatic rings. The first-order valence-corrected chi connectivity index (χ1v) is 5.12. The molecule has 0 aliphatic rings. The van der Waals surface area contributed by atoms with Crippen LogP contribution in [0.5, 0.6) is 0 Å². The van der Waals surface area contributed by atoms with E-state index in [4.69, 9.17) is 5.11 Å². The van der Waals surface area contributed by atoms with Crippen LogP contribution >= 0.6 is 0 Å². The Balaban J connectivity index is 2.55. The van der Waals surface area contributed by atoms with Gasteiger partial charge in [0.25, 0.3) is 0 Å². The van der Waals surface area contributed by atoms with E-state index < -0.39 is 5.97 Å². The minimum Gasteiger partial charge on any atom is -0.481 e. The lowest BCUT2D eigenvalue weighted by molar-refractivity contribution is -0.136. The Morgan fingerprint density at radius 3 is 2.75 bits per heavy atom. The van der Waals surface area contributed by atoms with Gasteiger partial charge in [-0.15, -0.1) is 0 Å². The molecule has 0 fully saturated rings. The predicted molar refractivity (Wildman–Crippen MR) is 61.3 cm³/mol. The quantitative estimate of drug-likeness (QED) is 0.695. The van der Waals surface area contributed by atoms with Crippen molar-refractivity contribution in [3.63, 3.8) is 0 Å². The van der Waals surface area contributed by atoms with Crippen molar-refractivity contribution in [3.8, 4) is 0 Å². The molecule has 0 aliphatic heterocycles. The van der Waals surface area contributed by atoms with Gasteiger partial charge in [-0.3, -0.25) is 4.79 Å². The number of carboxylic acids is 1. The molecule has 0 amide bonds. The lowest BCUT2D eigenvalue weighted by atomic mass is 10.2. The topological polar surface area (TPSA) is 61.4 Å². The standard InChI is InChI=1S/C11H15FN2O2/c1-2-13-10-4-3-8(7-9(10)12)14-6-5-11(15)16/h3-4,7,13-14H,2,5-6H2,1H3,(H,15,16). The van der Waals surface area contributed by atoms with Crippen LogP contribution in [-0.4, -0.2) is 24.2 Å². The van der Waals surface area contributed by atoms with E-state index in [0.717, 1.165) is 0 Å². The zero-order valence-electron chi connectivity index (χ0n) is 9.09. The molecule has 1 rings (SSSR count). The van der Waals surface area contributed by atoms with Gasteiger partial charge in [-0.25, -0.2) is 4.39 Å². The molecule has 3 N–H and O–H groups in total. The van der Waals surface area contributed by atoms with Gasteiger partial charge in [0.05, 0.1) is 12.1 Å². The first kappa shape index (κ1) is 12.3. The summed E-state index contributed by atoms with van der Waals surface area (Å²) in [5.74, 6) is -1.22. The van der Waals surface area contributed by atoms with Crippen LogP contribution in [0.2, 0.25) is 0 Å². The molecule has 5 heteroatoms. The van der Waals surface area contributed by atoms with Gasteiger partial charge in [0.2, 0.25) is 0 Å². The van der Waals surface area contributed by atoms with E-state index in [1.807, 2.05) is 6.92 Å². The number of rotatable bonds is 6. The summed E-state index contributed by atoms with van der Waals surface area (Å²) >= 11 is 0. The maximum absolute atomic E-state index is 13.4. The highest BCUT2D eigenvalue weighted by atomic mass is 19.1. The Morgan fingerprint density at radius 2 is 2.19 bits per heavy atom. The zero-order chi connectivity index (χ0) is 12.0. The van der Waals surface area contributed by atoms with E-state index in [0.29, 0.717) is 17.9 Å². The number of aliphatic carboxylic acids is 1. The van der Waals surface area contributed by atoms with Gasteiger partial charge in [-0.1, -0.05) is 0 Å². The molecule has 4 nitrogen and oxygen atoms in total. The second kappa shape index (κ2) is 5.95. The molecule has 0 heterocycles. The van der Waals surface area contributed by atoms with Crippen molar-refractivity contribution in [2.24, 2.45) is 0 Å². The SMILES string of the molecule is CCNc1ccc(NCCC(=O)O)cc1F. The van der Waals surface area contributed by atoms with E-state index in [1.165, 1.54) is 6.07 Å². The van der Waals surface area contributed by atoms with Gasteiger partial charge in [-0.05, 0) is 25.1 Å². The number of halogens is 1. The summed E-state index contributed by atoms with van der Waals surface area (Å²) in [7, 11) is 0. The highest BCUT2D eigenvalue weighted by molar-refractivity contribution is 5.67. The molecular weight excluding hydrogens is 211 g/mol. The fraction of sp³-hybridized carbons (Fsp3) is 0.364. The van der Waals surface area contributed by atoms with Gasteiger partial charge < -0.3 is 15.7 Å². The van der Waals surface area contributed by atoms with Crippen LogP contribution in [0.4, 0.5) is 15.8 Å². The number of anilines is 2. The van der Waals surface area contributed by atoms with Crippen LogP contribution in [0, 0.1) is 5.82 Å². The van der Waals surface area contributed by atoms with Crippen LogP contribution in [0.25, 0.3) is 0 Å². The second-order valence-corrected chi connectivity index (χ2v) is 3.30. The summed E-state index contributed by atoms with van der Waals surface area (Å²) in [5.41, 5.74) is 1.03. The van der Waals surface area contributed by atoms with Crippen LogP contribution in [-0.2, 0) is 4.79 Å². The summed E-state index contributed by atoms with van der Waals surface area (Å²) in [5, 5.41) is 14.2. The monoisotopic (exact) mass is 226 g/mol. The summed E-state index contributed by atoms with van der Waals surface area (Å²) < 4.78 is 13.4. The third-order valence-corrected chi connectivity index (χ3v) is 2.00. The molecule has 16 heavy (non-hydrogen) atoms. The summed E-state index contributed by atoms with van der Waals surface area (Å²) in [6.07, 6.45) is 0.0105. The van der Waals surface area contributed by atoms with Gasteiger partial charge >= 0.3 is 5.97 Å². The minimum absolute atomic E-state index is 0.0105. The Bertz CT molecular complexity index is 369. The largest absolute Gasteiger partial charge is 0.481 e. The van der Waals surface area contributed by atoms with Crippen LogP contribution < -0.4 is 10.6 Å². The Morgan fingerprint density at radius 1 is 1.44 bits per heavy atom. The Hall–Kier alpha value is -1.78. The summed E-state index contributed by atoms with van der Waals surface area (Å²) in [6, 6.07) is 4.69. The first-order valence-electron chi connectivity index (χ1n) is 5.12. The van der Waals surface area contributed by atoms with Crippen LogP contribution in [0.1, 0.15) is 13.3 Å². The molecule has 0 aliphatic carbocycles. The minimum atomic E-state index is -0.878. The van der Waals surface area contributed by atoms with Gasteiger partial charge in [-0.2, -0.15) is 0 Å². The Labute approximate surface area is 93.5 Å². The normalized spacial score (nSPS) is 9.88. The second-order valence-electron chi connectivity index (χ2n) is 3.30. The highest BCUT2D eigenvalue weighted by Crippen LogP contribution is 2.18. The lowest BCUT2D eigenvalue weighted by Crippen LogP contribution is -2.08. The highest BCUT2D eigenvalue weighted by Gasteiger charge is 2.02.